The van der Waals surface area contributed by atoms with Gasteiger partial charge in [-0.05, 0) is 48.9 Å². The van der Waals surface area contributed by atoms with Gasteiger partial charge >= 0.3 is 0 Å². The van der Waals surface area contributed by atoms with Crippen molar-refractivity contribution in [1.82, 2.24) is 4.90 Å². The second kappa shape index (κ2) is 8.52. The number of thioether (sulfide) groups is 1. The van der Waals surface area contributed by atoms with Crippen LogP contribution in [0, 0.1) is 11.3 Å². The number of anilines is 1. The topological polar surface area (TPSA) is 56.6 Å². The lowest BCUT2D eigenvalue weighted by Gasteiger charge is -2.42. The van der Waals surface area contributed by atoms with Crippen molar-refractivity contribution >= 4 is 39.3 Å². The Hall–Kier alpha value is -2.43. The van der Waals surface area contributed by atoms with E-state index in [1.807, 2.05) is 55.5 Å². The van der Waals surface area contributed by atoms with Gasteiger partial charge in [-0.15, -0.1) is 0 Å². The van der Waals surface area contributed by atoms with Crippen LogP contribution in [0.1, 0.15) is 24.8 Å². The molecule has 2 heterocycles. The van der Waals surface area contributed by atoms with Crippen molar-refractivity contribution in [2.45, 2.75) is 19.3 Å². The summed E-state index contributed by atoms with van der Waals surface area (Å²) in [5, 5.41) is 10.7. The smallest absolute Gasteiger partial charge is 0.229 e. The van der Waals surface area contributed by atoms with Crippen molar-refractivity contribution in [3.63, 3.8) is 0 Å². The fraction of sp³-hybridized carbons (Fsp3) is 0.273. The summed E-state index contributed by atoms with van der Waals surface area (Å²) in [4.78, 5) is 16.9. The van der Waals surface area contributed by atoms with Gasteiger partial charge in [-0.2, -0.15) is 5.26 Å². The Morgan fingerprint density at radius 2 is 1.93 bits per heavy atom. The van der Waals surface area contributed by atoms with E-state index in [2.05, 4.69) is 26.9 Å². The zero-order valence-corrected chi connectivity index (χ0v) is 18.4. The predicted octanol–water partition coefficient (Wildman–Crippen LogP) is 5.07. The summed E-state index contributed by atoms with van der Waals surface area (Å²) >= 11 is 5.01. The third kappa shape index (κ3) is 4.00. The van der Waals surface area contributed by atoms with Gasteiger partial charge < -0.3 is 9.64 Å². The Kier molecular flexibility index (Phi) is 5.84. The molecule has 1 saturated heterocycles. The zero-order chi connectivity index (χ0) is 20.4. The van der Waals surface area contributed by atoms with Gasteiger partial charge in [0.25, 0.3) is 0 Å². The minimum absolute atomic E-state index is 0.0483. The fourth-order valence-corrected chi connectivity index (χ4v) is 5.06. The predicted molar refractivity (Wildman–Crippen MR) is 118 cm³/mol. The van der Waals surface area contributed by atoms with E-state index in [1.54, 1.807) is 16.7 Å². The van der Waals surface area contributed by atoms with Gasteiger partial charge in [0.15, 0.2) is 0 Å². The minimum Gasteiger partial charge on any atom is -0.494 e. The third-order valence-electron chi connectivity index (χ3n) is 5.08. The summed E-state index contributed by atoms with van der Waals surface area (Å²) in [5.41, 5.74) is 2.70. The molecule has 0 unspecified atom stereocenters. The molecule has 0 aromatic heterocycles. The molecule has 7 heteroatoms. The largest absolute Gasteiger partial charge is 0.494 e. The molecular weight excluding hydrogens is 450 g/mol. The van der Waals surface area contributed by atoms with Crippen LogP contribution in [0.25, 0.3) is 0 Å². The summed E-state index contributed by atoms with van der Waals surface area (Å²) < 4.78 is 6.52. The molecule has 0 N–H and O–H groups in total. The van der Waals surface area contributed by atoms with E-state index in [9.17, 15) is 10.1 Å². The van der Waals surface area contributed by atoms with Crippen molar-refractivity contribution < 1.29 is 9.53 Å². The highest BCUT2D eigenvalue weighted by atomic mass is 79.9. The van der Waals surface area contributed by atoms with Crippen LogP contribution in [-0.4, -0.2) is 30.0 Å². The number of amides is 1. The number of carbonyl (C=O) groups is 1. The Morgan fingerprint density at radius 3 is 2.59 bits per heavy atom. The SMILES string of the molecule is CCOc1ccc([C@@H]2CC(=O)N3CN(c4ccc(Br)cc4)CSC3=C2C#N)cc1. The van der Waals surface area contributed by atoms with Crippen LogP contribution in [0.3, 0.4) is 0 Å². The average Bonchev–Trinajstić information content (AvgIpc) is 2.75. The van der Waals surface area contributed by atoms with Crippen molar-refractivity contribution in [3.05, 3.63) is 69.2 Å². The number of carbonyl (C=O) groups excluding carboxylic acids is 1. The Bertz CT molecular complexity index is 983. The second-order valence-electron chi connectivity index (χ2n) is 6.84. The fourth-order valence-electron chi connectivity index (χ4n) is 3.63. The van der Waals surface area contributed by atoms with Crippen molar-refractivity contribution in [1.29, 1.82) is 5.26 Å². The summed E-state index contributed by atoms with van der Waals surface area (Å²) in [7, 11) is 0. The van der Waals surface area contributed by atoms with Crippen LogP contribution in [0.4, 0.5) is 5.69 Å². The highest BCUT2D eigenvalue weighted by Gasteiger charge is 2.38. The molecule has 0 spiro atoms. The minimum atomic E-state index is -0.207. The van der Waals surface area contributed by atoms with Crippen molar-refractivity contribution in [3.8, 4) is 11.8 Å². The molecule has 2 aliphatic rings. The number of fused-ring (bicyclic) bond motifs is 1. The number of hydrogen-bond acceptors (Lipinski definition) is 5. The molecule has 2 aromatic rings. The number of ether oxygens (including phenoxy) is 1. The Balaban J connectivity index is 1.61. The maximum absolute atomic E-state index is 13.0. The van der Waals surface area contributed by atoms with Crippen LogP contribution in [0.5, 0.6) is 5.75 Å². The van der Waals surface area contributed by atoms with Crippen LogP contribution in [0.15, 0.2) is 63.6 Å². The number of allylic oxidation sites excluding steroid dienone is 1. The monoisotopic (exact) mass is 469 g/mol. The number of nitrogens with zero attached hydrogens (tertiary/aromatic N) is 3. The molecule has 4 rings (SSSR count). The molecule has 5 nitrogen and oxygen atoms in total. The summed E-state index contributed by atoms with van der Waals surface area (Å²) in [6, 6.07) is 18.1. The summed E-state index contributed by atoms with van der Waals surface area (Å²) in [6.45, 7) is 3.01. The average molecular weight is 470 g/mol. The molecule has 148 valence electrons. The second-order valence-corrected chi connectivity index (χ2v) is 8.69. The molecule has 0 radical (unpaired) electrons. The lowest BCUT2D eigenvalue weighted by Crippen LogP contribution is -2.47. The van der Waals surface area contributed by atoms with Gasteiger partial charge in [0.2, 0.25) is 5.91 Å². The van der Waals surface area contributed by atoms with E-state index in [0.29, 0.717) is 31.1 Å². The molecule has 2 aliphatic heterocycles. The van der Waals surface area contributed by atoms with Crippen molar-refractivity contribution in [2.75, 3.05) is 24.1 Å². The molecule has 29 heavy (non-hydrogen) atoms. The van der Waals surface area contributed by atoms with Gasteiger partial charge in [0.1, 0.15) is 5.75 Å². The first-order valence-corrected chi connectivity index (χ1v) is 11.2. The van der Waals surface area contributed by atoms with E-state index in [4.69, 9.17) is 4.74 Å². The number of nitriles is 1. The number of halogens is 1. The third-order valence-corrected chi connectivity index (χ3v) is 6.76. The highest BCUT2D eigenvalue weighted by Crippen LogP contribution is 2.43. The summed E-state index contributed by atoms with van der Waals surface area (Å²) in [5.74, 6) is 1.33. The van der Waals surface area contributed by atoms with Gasteiger partial charge in [-0.3, -0.25) is 9.69 Å². The zero-order valence-electron chi connectivity index (χ0n) is 16.0. The van der Waals surface area contributed by atoms with Crippen molar-refractivity contribution in [2.24, 2.45) is 0 Å². The van der Waals surface area contributed by atoms with E-state index in [-0.39, 0.29) is 11.8 Å². The molecule has 0 saturated carbocycles. The van der Waals surface area contributed by atoms with Crippen LogP contribution in [-0.2, 0) is 4.79 Å². The van der Waals surface area contributed by atoms with E-state index < -0.39 is 0 Å². The lowest BCUT2D eigenvalue weighted by molar-refractivity contribution is -0.129. The molecule has 0 bridgehead atoms. The molecule has 1 atom stereocenters. The lowest BCUT2D eigenvalue weighted by atomic mass is 9.86. The standard InChI is InChI=1S/C22H20BrN3O2S/c1-2-28-18-9-3-15(4-10-18)19-11-21(27)26-13-25(14-29-22(26)20(19)12-24)17-7-5-16(23)6-8-17/h3-10,19H,2,11,13-14H2,1H3/t19-/m0/s1. The molecule has 0 aliphatic carbocycles. The van der Waals surface area contributed by atoms with Gasteiger partial charge in [0.05, 0.1) is 35.8 Å². The van der Waals surface area contributed by atoms with Crippen LogP contribution < -0.4 is 9.64 Å². The first kappa shape index (κ1) is 19.9. The maximum atomic E-state index is 13.0. The van der Waals surface area contributed by atoms with Gasteiger partial charge in [-0.25, -0.2) is 0 Å². The first-order chi connectivity index (χ1) is 14.1. The number of benzene rings is 2. The van der Waals surface area contributed by atoms with Crippen LogP contribution >= 0.6 is 27.7 Å². The first-order valence-electron chi connectivity index (χ1n) is 9.41. The summed E-state index contributed by atoms with van der Waals surface area (Å²) in [6.07, 6.45) is 0.301. The maximum Gasteiger partial charge on any atom is 0.229 e. The highest BCUT2D eigenvalue weighted by molar-refractivity contribution is 9.10. The Labute approximate surface area is 183 Å². The molecule has 1 amide bonds. The van der Waals surface area contributed by atoms with E-state index in [0.717, 1.165) is 26.5 Å². The molecular formula is C22H20BrN3O2S. The van der Waals surface area contributed by atoms with Gasteiger partial charge in [0, 0.05) is 22.5 Å². The number of rotatable bonds is 4. The molecule has 2 aromatic carbocycles. The van der Waals surface area contributed by atoms with E-state index in [1.165, 1.54) is 0 Å². The Morgan fingerprint density at radius 1 is 1.21 bits per heavy atom. The van der Waals surface area contributed by atoms with E-state index >= 15 is 0 Å². The van der Waals surface area contributed by atoms with Crippen LogP contribution in [0.2, 0.25) is 0 Å². The quantitative estimate of drug-likeness (QED) is 0.625. The normalized spacial score (nSPS) is 19.1. The van der Waals surface area contributed by atoms with Gasteiger partial charge in [-0.1, -0.05) is 39.8 Å². The number of hydrogen-bond donors (Lipinski definition) is 0. The molecule has 1 fully saturated rings.